The molecule has 0 amide bonds. The zero-order valence-electron chi connectivity index (χ0n) is 52.6. The monoisotopic (exact) mass is 1150 g/mol. The average Bonchev–Trinajstić information content (AvgIpc) is 3.44. The van der Waals surface area contributed by atoms with Crippen molar-refractivity contribution in [3.8, 4) is 0 Å². The van der Waals surface area contributed by atoms with E-state index in [2.05, 4.69) is 27.7 Å². The molecule has 0 aliphatic rings. The highest BCUT2D eigenvalue weighted by Gasteiger charge is 2.81. The average molecular weight is 1150 g/mol. The van der Waals surface area contributed by atoms with Crippen LogP contribution < -0.4 is 0 Å². The Balaban J connectivity index is 9.55. The second-order valence-electron chi connectivity index (χ2n) is 22.3. The maximum absolute atomic E-state index is 14.9. The number of rotatable bonds is 56. The zero-order valence-corrected chi connectivity index (χ0v) is 52.6. The Hall–Kier alpha value is -4.24. The van der Waals surface area contributed by atoms with Gasteiger partial charge in [-0.3, -0.25) is 38.4 Å². The summed E-state index contributed by atoms with van der Waals surface area (Å²) in [5.41, 5.74) is -3.22. The summed E-state index contributed by atoms with van der Waals surface area (Å²) < 4.78 is 51.0. The van der Waals surface area contributed by atoms with E-state index < -0.39 is 78.3 Å². The van der Waals surface area contributed by atoms with Gasteiger partial charge in [-0.1, -0.05) is 235 Å². The topological polar surface area (TPSA) is 210 Å². The molecule has 16 nitrogen and oxygen atoms in total. The van der Waals surface area contributed by atoms with Crippen molar-refractivity contribution in [1.82, 2.24) is 0 Å². The van der Waals surface area contributed by atoms with Gasteiger partial charge in [-0.15, -0.1) is 0 Å². The molecule has 0 aromatic rings. The number of carbonyl (C=O) groups excluding carboxylic acids is 8. The lowest BCUT2D eigenvalue weighted by atomic mass is 9.81. The van der Waals surface area contributed by atoms with Crippen LogP contribution in [0.15, 0.2) is 0 Å². The smallest absolute Gasteiger partial charge is 0.448 e. The largest absolute Gasteiger partial charge is 0.464 e. The van der Waals surface area contributed by atoms with Crippen LogP contribution in [-0.4, -0.2) is 72.9 Å². The standard InChI is InChI=1S/C65H116O16/c1-9-17-25-33-41-49-59(70)78-64(76-57(68)47-39-31-23-15-7,79-60(71)50-42-34-26-18-10-2)63(53-74-55(66)45-37-29-21-13-5,54-75-56(67)46-38-30-22-14-6)65(77-58(69)48-40-32-24-16-8,80-61(72)51-43-35-27-19-11-3)81-62(73)52-44-36-28-20-12-4/h9-54H2,1-8H3. The third kappa shape index (κ3) is 35.5. The first kappa shape index (κ1) is 76.8. The van der Waals surface area contributed by atoms with Crippen molar-refractivity contribution in [2.24, 2.45) is 5.41 Å². The Bertz CT molecular complexity index is 1500. The second kappa shape index (κ2) is 50.3. The maximum atomic E-state index is 14.9. The number of hydrogen-bond donors (Lipinski definition) is 0. The van der Waals surface area contributed by atoms with E-state index in [1.165, 1.54) is 0 Å². The van der Waals surface area contributed by atoms with Gasteiger partial charge in [0.25, 0.3) is 5.41 Å². The molecular weight excluding hydrogens is 1040 g/mol. The van der Waals surface area contributed by atoms with Gasteiger partial charge in [-0.05, 0) is 51.4 Å². The van der Waals surface area contributed by atoms with Crippen molar-refractivity contribution in [2.45, 2.75) is 350 Å². The lowest BCUT2D eigenvalue weighted by Crippen LogP contribution is -2.74. The summed E-state index contributed by atoms with van der Waals surface area (Å²) in [5.74, 6) is -15.4. The van der Waals surface area contributed by atoms with Crippen molar-refractivity contribution in [2.75, 3.05) is 13.2 Å². The van der Waals surface area contributed by atoms with Crippen molar-refractivity contribution >= 4 is 47.8 Å². The predicted octanol–water partition coefficient (Wildman–Crippen LogP) is 16.9. The summed E-state index contributed by atoms with van der Waals surface area (Å²) in [6.07, 6.45) is 21.8. The van der Waals surface area contributed by atoms with Crippen LogP contribution >= 0.6 is 0 Å². The minimum Gasteiger partial charge on any atom is -0.464 e. The van der Waals surface area contributed by atoms with E-state index in [9.17, 15) is 38.4 Å². The third-order valence-corrected chi connectivity index (χ3v) is 14.5. The van der Waals surface area contributed by atoms with Gasteiger partial charge in [-0.25, -0.2) is 0 Å². The molecule has 0 spiro atoms. The second-order valence-corrected chi connectivity index (χ2v) is 22.3. The van der Waals surface area contributed by atoms with Crippen LogP contribution in [0.2, 0.25) is 0 Å². The minimum atomic E-state index is -3.59. The van der Waals surface area contributed by atoms with E-state index in [1.807, 2.05) is 27.7 Å². The summed E-state index contributed by atoms with van der Waals surface area (Å²) >= 11 is 0. The molecule has 0 aromatic carbocycles. The summed E-state index contributed by atoms with van der Waals surface area (Å²) in [5, 5.41) is 0. The quantitative estimate of drug-likeness (QED) is 0.0240. The molecule has 0 saturated heterocycles. The van der Waals surface area contributed by atoms with Crippen molar-refractivity contribution in [1.29, 1.82) is 0 Å². The molecule has 16 heteroatoms. The van der Waals surface area contributed by atoms with E-state index in [-0.39, 0.29) is 89.9 Å². The van der Waals surface area contributed by atoms with Crippen LogP contribution in [0, 0.1) is 5.41 Å². The highest BCUT2D eigenvalue weighted by atomic mass is 16.9. The van der Waals surface area contributed by atoms with Crippen LogP contribution in [0.25, 0.3) is 0 Å². The first-order valence-corrected chi connectivity index (χ1v) is 32.8. The van der Waals surface area contributed by atoms with Gasteiger partial charge in [-0.2, -0.15) is 0 Å². The Morgan fingerprint density at radius 1 is 0.210 bits per heavy atom. The minimum absolute atomic E-state index is 0.161. The fraction of sp³-hybridized carbons (Fsp3) is 0.877. The fourth-order valence-corrected chi connectivity index (χ4v) is 9.33. The van der Waals surface area contributed by atoms with Crippen molar-refractivity contribution in [3.05, 3.63) is 0 Å². The molecule has 0 heterocycles. The van der Waals surface area contributed by atoms with E-state index in [0.29, 0.717) is 64.2 Å². The van der Waals surface area contributed by atoms with E-state index in [4.69, 9.17) is 37.9 Å². The Morgan fingerprint density at radius 3 is 0.531 bits per heavy atom. The molecule has 0 aliphatic carbocycles. The molecule has 0 atom stereocenters. The summed E-state index contributed by atoms with van der Waals surface area (Å²) in [6, 6.07) is 0. The Kier molecular flexibility index (Phi) is 47.7. The molecule has 0 aliphatic heterocycles. The van der Waals surface area contributed by atoms with Gasteiger partial charge < -0.3 is 37.9 Å². The van der Waals surface area contributed by atoms with Gasteiger partial charge in [0.2, 0.25) is 0 Å². The van der Waals surface area contributed by atoms with Crippen LogP contribution in [-0.2, 0) is 76.3 Å². The zero-order chi connectivity index (χ0) is 60.3. The van der Waals surface area contributed by atoms with Crippen LogP contribution in [0.5, 0.6) is 0 Å². The Morgan fingerprint density at radius 2 is 0.358 bits per heavy atom. The predicted molar refractivity (Wildman–Crippen MR) is 315 cm³/mol. The Labute approximate surface area is 490 Å². The van der Waals surface area contributed by atoms with Crippen molar-refractivity contribution in [3.63, 3.8) is 0 Å². The molecule has 81 heavy (non-hydrogen) atoms. The van der Waals surface area contributed by atoms with Crippen LogP contribution in [0.1, 0.15) is 338 Å². The third-order valence-electron chi connectivity index (χ3n) is 14.5. The van der Waals surface area contributed by atoms with Gasteiger partial charge >= 0.3 is 59.7 Å². The maximum Gasteiger partial charge on any atom is 0.448 e. The normalized spacial score (nSPS) is 11.7. The first-order valence-electron chi connectivity index (χ1n) is 32.8. The van der Waals surface area contributed by atoms with E-state index in [1.54, 1.807) is 0 Å². The number of carbonyl (C=O) groups is 8. The summed E-state index contributed by atoms with van der Waals surface area (Å²) in [4.78, 5) is 118. The highest BCUT2D eigenvalue weighted by Crippen LogP contribution is 2.52. The molecular formula is C65H116O16. The van der Waals surface area contributed by atoms with Gasteiger partial charge in [0.05, 0.1) is 0 Å². The molecule has 0 radical (unpaired) electrons. The molecule has 0 unspecified atom stereocenters. The van der Waals surface area contributed by atoms with Gasteiger partial charge in [0, 0.05) is 51.4 Å². The van der Waals surface area contributed by atoms with E-state index in [0.717, 1.165) is 128 Å². The van der Waals surface area contributed by atoms with Crippen LogP contribution in [0.3, 0.4) is 0 Å². The molecule has 0 bridgehead atoms. The molecule has 0 N–H and O–H groups in total. The first-order chi connectivity index (χ1) is 39.1. The lowest BCUT2D eigenvalue weighted by molar-refractivity contribution is -0.480. The molecule has 0 rings (SSSR count). The summed E-state index contributed by atoms with van der Waals surface area (Å²) in [6.45, 7) is 13.7. The summed E-state index contributed by atoms with van der Waals surface area (Å²) in [7, 11) is 0. The number of ether oxygens (including phenoxy) is 8. The van der Waals surface area contributed by atoms with Gasteiger partial charge in [0.15, 0.2) is 0 Å². The highest BCUT2D eigenvalue weighted by molar-refractivity contribution is 5.77. The lowest BCUT2D eigenvalue weighted by Gasteiger charge is -2.50. The SMILES string of the molecule is CCCCCCCC(=O)OC(OC(=O)CCCCCC)(OC(=O)CCCCCCC)C(COC(=O)CCCCCC)(COC(=O)CCCCCC)C(OC(=O)CCCCCC)(OC(=O)CCCCCCC)OC(=O)CCCCCCC. The van der Waals surface area contributed by atoms with Gasteiger partial charge in [0.1, 0.15) is 13.2 Å². The molecule has 0 fully saturated rings. The van der Waals surface area contributed by atoms with Crippen molar-refractivity contribution < 1.29 is 76.3 Å². The molecule has 0 aromatic heterocycles. The van der Waals surface area contributed by atoms with E-state index >= 15 is 0 Å². The number of hydrogen-bond acceptors (Lipinski definition) is 16. The van der Waals surface area contributed by atoms with Crippen LogP contribution in [0.4, 0.5) is 0 Å². The number of unbranched alkanes of at least 4 members (excludes halogenated alkanes) is 28. The fourth-order valence-electron chi connectivity index (χ4n) is 9.33. The number of esters is 8. The molecule has 472 valence electrons. The molecule has 0 saturated carbocycles.